The molecule has 2 heterocycles. The van der Waals surface area contributed by atoms with E-state index in [1.807, 2.05) is 0 Å². The maximum atomic E-state index is 14.0. The van der Waals surface area contributed by atoms with Crippen molar-refractivity contribution in [1.82, 2.24) is 35.6 Å². The van der Waals surface area contributed by atoms with Crippen LogP contribution < -0.4 is 10.6 Å². The number of rotatable bonds is 10. The van der Waals surface area contributed by atoms with Gasteiger partial charge in [-0.15, -0.1) is 5.10 Å². The number of aryl methyl sites for hydroxylation is 1. The summed E-state index contributed by atoms with van der Waals surface area (Å²) in [7, 11) is 0. The lowest BCUT2D eigenvalue weighted by molar-refractivity contribution is -0.144. The number of nitrogens with one attached hydrogen (secondary N) is 3. The van der Waals surface area contributed by atoms with E-state index in [-0.39, 0.29) is 42.7 Å². The summed E-state index contributed by atoms with van der Waals surface area (Å²) in [6.45, 7) is 8.37. The Balaban J connectivity index is 1.55. The molecule has 0 bridgehead atoms. The van der Waals surface area contributed by atoms with E-state index in [1.54, 1.807) is 25.1 Å². The number of amides is 2. The molecule has 3 aromatic rings. The second-order valence-corrected chi connectivity index (χ2v) is 12.6. The zero-order chi connectivity index (χ0) is 31.6. The van der Waals surface area contributed by atoms with Crippen LogP contribution in [0.4, 0.5) is 22.0 Å². The van der Waals surface area contributed by atoms with Gasteiger partial charge in [0.15, 0.2) is 0 Å². The van der Waals surface area contributed by atoms with Gasteiger partial charge in [-0.05, 0) is 55.2 Å². The van der Waals surface area contributed by atoms with Gasteiger partial charge in [-0.2, -0.15) is 13.2 Å². The lowest BCUT2D eigenvalue weighted by atomic mass is 9.81. The first-order valence-electron chi connectivity index (χ1n) is 14.4. The Morgan fingerprint density at radius 3 is 2.47 bits per heavy atom. The summed E-state index contributed by atoms with van der Waals surface area (Å²) < 4.78 is 67.0. The highest BCUT2D eigenvalue weighted by molar-refractivity contribution is 5.92. The quantitative estimate of drug-likeness (QED) is 0.229. The minimum absolute atomic E-state index is 0.00601. The van der Waals surface area contributed by atoms with Gasteiger partial charge in [-0.1, -0.05) is 32.1 Å². The van der Waals surface area contributed by atoms with Gasteiger partial charge in [0.05, 0.1) is 35.7 Å². The summed E-state index contributed by atoms with van der Waals surface area (Å²) in [5.41, 5.74) is 2.01. The third-order valence-corrected chi connectivity index (χ3v) is 7.78. The minimum atomic E-state index is -4.42. The van der Waals surface area contributed by atoms with E-state index in [0.29, 0.717) is 29.0 Å². The van der Waals surface area contributed by atoms with Crippen molar-refractivity contribution in [3.63, 3.8) is 0 Å². The fourth-order valence-corrected chi connectivity index (χ4v) is 5.18. The fourth-order valence-electron chi connectivity index (χ4n) is 5.18. The SMILES string of the molecule is C[C@@H](NC(=O)CCC(F)(F)F)c1ccc2nc([C@@H](NC(=O)c3cnnn3CCC(C)(C)C)C3CCC(F)(F)CC3)[nH]c2c1. The first kappa shape index (κ1) is 32.3. The molecule has 1 aliphatic carbocycles. The highest BCUT2D eigenvalue weighted by atomic mass is 19.4. The van der Waals surface area contributed by atoms with E-state index < -0.39 is 48.8 Å². The molecule has 0 radical (unpaired) electrons. The molecule has 1 aliphatic rings. The van der Waals surface area contributed by atoms with Crippen LogP contribution in [0.1, 0.15) is 107 Å². The Labute approximate surface area is 246 Å². The van der Waals surface area contributed by atoms with Crippen molar-refractivity contribution in [2.45, 2.75) is 103 Å². The Morgan fingerprint density at radius 2 is 1.81 bits per heavy atom. The Morgan fingerprint density at radius 1 is 1.12 bits per heavy atom. The first-order chi connectivity index (χ1) is 20.0. The zero-order valence-corrected chi connectivity index (χ0v) is 24.7. The summed E-state index contributed by atoms with van der Waals surface area (Å²) >= 11 is 0. The number of benzene rings is 1. The first-order valence-corrected chi connectivity index (χ1v) is 14.4. The van der Waals surface area contributed by atoms with Gasteiger partial charge in [0.25, 0.3) is 5.91 Å². The highest BCUT2D eigenvalue weighted by Crippen LogP contribution is 2.41. The van der Waals surface area contributed by atoms with Crippen molar-refractivity contribution < 1.29 is 31.5 Å². The van der Waals surface area contributed by atoms with E-state index in [0.717, 1.165) is 6.42 Å². The van der Waals surface area contributed by atoms with Crippen LogP contribution in [0.5, 0.6) is 0 Å². The number of halogens is 5. The second kappa shape index (κ2) is 12.6. The predicted molar refractivity (Wildman–Crippen MR) is 149 cm³/mol. The Kier molecular flexibility index (Phi) is 9.45. The third-order valence-electron chi connectivity index (χ3n) is 7.78. The van der Waals surface area contributed by atoms with Crippen molar-refractivity contribution in [3.8, 4) is 0 Å². The molecule has 3 N–H and O–H groups in total. The summed E-state index contributed by atoms with van der Waals surface area (Å²) in [4.78, 5) is 33.4. The molecule has 4 rings (SSSR count). The van der Waals surface area contributed by atoms with E-state index >= 15 is 0 Å². The number of aromatic amines is 1. The van der Waals surface area contributed by atoms with Crippen LogP contribution in [0.15, 0.2) is 24.4 Å². The number of carbonyl (C=O) groups is 2. The van der Waals surface area contributed by atoms with Crippen molar-refractivity contribution in [2.24, 2.45) is 11.3 Å². The van der Waals surface area contributed by atoms with Gasteiger partial charge in [-0.25, -0.2) is 18.4 Å². The number of nitrogens with zero attached hydrogens (tertiary/aromatic N) is 4. The molecule has 2 amide bonds. The van der Waals surface area contributed by atoms with Gasteiger partial charge in [0.1, 0.15) is 11.5 Å². The molecule has 1 aromatic carbocycles. The van der Waals surface area contributed by atoms with Gasteiger partial charge in [-0.3, -0.25) is 9.59 Å². The van der Waals surface area contributed by atoms with Crippen molar-refractivity contribution in [1.29, 1.82) is 0 Å². The van der Waals surface area contributed by atoms with Crippen LogP contribution in [0.2, 0.25) is 0 Å². The van der Waals surface area contributed by atoms with Crippen LogP contribution in [-0.4, -0.2) is 48.9 Å². The summed E-state index contributed by atoms with van der Waals surface area (Å²) in [6.07, 6.45) is -4.40. The number of hydrogen-bond acceptors (Lipinski definition) is 5. The number of fused-ring (bicyclic) bond motifs is 1. The molecule has 0 unspecified atom stereocenters. The number of H-pyrrole nitrogens is 1. The average molecular weight is 612 g/mol. The fraction of sp³-hybridized carbons (Fsp3) is 0.621. The summed E-state index contributed by atoms with van der Waals surface area (Å²) in [5, 5.41) is 13.5. The molecule has 43 heavy (non-hydrogen) atoms. The smallest absolute Gasteiger partial charge is 0.350 e. The molecule has 14 heteroatoms. The van der Waals surface area contributed by atoms with Gasteiger partial charge in [0, 0.05) is 25.8 Å². The van der Waals surface area contributed by atoms with Gasteiger partial charge < -0.3 is 15.6 Å². The standard InChI is InChI=1S/C29H38F5N7O2/c1-17(36-23(42)9-12-29(32,33)34)19-5-6-20-21(15-19)38-25(37-20)24(18-7-10-28(30,31)11-8-18)39-26(43)22-16-35-40-41(22)14-13-27(2,3)4/h5-6,15-18,24H,7-14H2,1-4H3,(H,36,42)(H,37,38)(H,39,43)/t17-,24+/m1/s1. The van der Waals surface area contributed by atoms with Crippen LogP contribution in [0, 0.1) is 11.3 Å². The van der Waals surface area contributed by atoms with Crippen LogP contribution in [-0.2, 0) is 11.3 Å². The largest absolute Gasteiger partial charge is 0.389 e. The van der Waals surface area contributed by atoms with Gasteiger partial charge >= 0.3 is 6.18 Å². The Bertz CT molecular complexity index is 1420. The molecule has 236 valence electrons. The molecule has 0 spiro atoms. The molecule has 2 aromatic heterocycles. The summed E-state index contributed by atoms with van der Waals surface area (Å²) in [5.74, 6) is -3.84. The molecular weight excluding hydrogens is 573 g/mol. The van der Waals surface area contributed by atoms with E-state index in [9.17, 15) is 31.5 Å². The number of carbonyl (C=O) groups excluding carboxylic acids is 2. The van der Waals surface area contributed by atoms with Crippen LogP contribution in [0.3, 0.4) is 0 Å². The molecule has 0 aliphatic heterocycles. The molecule has 1 fully saturated rings. The van der Waals surface area contributed by atoms with E-state index in [1.165, 1.54) is 10.9 Å². The number of aromatic nitrogens is 5. The van der Waals surface area contributed by atoms with Crippen molar-refractivity contribution in [2.75, 3.05) is 0 Å². The molecule has 1 saturated carbocycles. The number of imidazole rings is 1. The molecule has 9 nitrogen and oxygen atoms in total. The maximum Gasteiger partial charge on any atom is 0.389 e. The molecule has 0 saturated heterocycles. The molecular formula is C29H38F5N7O2. The zero-order valence-electron chi connectivity index (χ0n) is 24.7. The van der Waals surface area contributed by atoms with E-state index in [2.05, 4.69) is 51.7 Å². The normalized spacial score (nSPS) is 17.5. The lowest BCUT2D eigenvalue weighted by Crippen LogP contribution is -2.38. The highest BCUT2D eigenvalue weighted by Gasteiger charge is 2.40. The second-order valence-electron chi connectivity index (χ2n) is 12.6. The molecule has 2 atom stereocenters. The Hall–Kier alpha value is -3.58. The van der Waals surface area contributed by atoms with Gasteiger partial charge in [0.2, 0.25) is 11.8 Å². The number of alkyl halides is 5. The summed E-state index contributed by atoms with van der Waals surface area (Å²) in [6, 6.07) is 3.84. The third kappa shape index (κ3) is 8.96. The predicted octanol–water partition coefficient (Wildman–Crippen LogP) is 6.41. The van der Waals surface area contributed by atoms with Crippen molar-refractivity contribution >= 4 is 22.8 Å². The monoisotopic (exact) mass is 611 g/mol. The van der Waals surface area contributed by atoms with E-state index in [4.69, 9.17) is 0 Å². The number of hydrogen-bond donors (Lipinski definition) is 3. The maximum absolute atomic E-state index is 14.0. The minimum Gasteiger partial charge on any atom is -0.350 e. The van der Waals surface area contributed by atoms with Crippen molar-refractivity contribution in [3.05, 3.63) is 41.5 Å². The topological polar surface area (TPSA) is 118 Å². The average Bonchev–Trinajstić information content (AvgIpc) is 3.55. The van der Waals surface area contributed by atoms with Crippen LogP contribution in [0.25, 0.3) is 11.0 Å². The lowest BCUT2D eigenvalue weighted by Gasteiger charge is -2.33. The van der Waals surface area contributed by atoms with Crippen LogP contribution >= 0.6 is 0 Å².